The van der Waals surface area contributed by atoms with Gasteiger partial charge < -0.3 is 10.2 Å². The molecule has 0 radical (unpaired) electrons. The SMILES string of the molecule is N#C[C@@H]1CCCN1C(=O)CN1CCC(Nc2ccc(C(=O)Nc3ncccn3)c3ncccc23)CC1. The lowest BCUT2D eigenvalue weighted by Gasteiger charge is -2.33. The fraction of sp³-hybridized carbons (Fsp3) is 0.385. The molecule has 0 bridgehead atoms. The van der Waals surface area contributed by atoms with E-state index in [9.17, 15) is 14.9 Å². The minimum atomic E-state index is -0.314. The van der Waals surface area contributed by atoms with Crippen LogP contribution in [0.25, 0.3) is 10.9 Å². The Kier molecular flexibility index (Phi) is 7.00. The lowest BCUT2D eigenvalue weighted by atomic mass is 10.0. The maximum atomic E-state index is 12.9. The largest absolute Gasteiger partial charge is 0.382 e. The van der Waals surface area contributed by atoms with E-state index in [2.05, 4.69) is 36.6 Å². The maximum Gasteiger partial charge on any atom is 0.260 e. The second-order valence-electron chi connectivity index (χ2n) is 9.16. The second-order valence-corrected chi connectivity index (χ2v) is 9.16. The molecule has 1 atom stereocenters. The number of nitriles is 1. The summed E-state index contributed by atoms with van der Waals surface area (Å²) in [7, 11) is 0. The van der Waals surface area contributed by atoms with E-state index in [4.69, 9.17) is 0 Å². The number of fused-ring (bicyclic) bond motifs is 1. The normalized spacial score (nSPS) is 18.6. The number of piperidine rings is 1. The topological polar surface area (TPSA) is 127 Å². The molecule has 2 aliphatic rings. The number of hydrogen-bond acceptors (Lipinski definition) is 8. The standard InChI is InChI=1S/C26H28N8O2/c27-16-19-4-2-13-34(19)23(35)17-33-14-8-18(9-15-33)31-22-7-6-21(24-20(22)5-1-10-28-24)25(36)32-26-29-11-3-12-30-26/h1,3,5-7,10-12,18-19,31H,2,4,8-9,13-15,17H2,(H,29,30,32,36)/t19-/m0/s1. The summed E-state index contributed by atoms with van der Waals surface area (Å²) in [6, 6.07) is 11.4. The van der Waals surface area contributed by atoms with Crippen LogP contribution in [0.1, 0.15) is 36.0 Å². The molecule has 0 saturated carbocycles. The van der Waals surface area contributed by atoms with Crippen molar-refractivity contribution in [2.75, 3.05) is 36.8 Å². The van der Waals surface area contributed by atoms with Gasteiger partial charge in [0.05, 0.1) is 23.7 Å². The van der Waals surface area contributed by atoms with E-state index < -0.39 is 0 Å². The van der Waals surface area contributed by atoms with Crippen molar-refractivity contribution in [3.05, 3.63) is 54.5 Å². The molecule has 4 heterocycles. The average molecular weight is 485 g/mol. The van der Waals surface area contributed by atoms with Crippen LogP contribution >= 0.6 is 0 Å². The van der Waals surface area contributed by atoms with Crippen LogP contribution in [0, 0.1) is 11.3 Å². The van der Waals surface area contributed by atoms with Gasteiger partial charge in [-0.1, -0.05) is 0 Å². The summed E-state index contributed by atoms with van der Waals surface area (Å²) in [4.78, 5) is 42.0. The van der Waals surface area contributed by atoms with Crippen molar-refractivity contribution < 1.29 is 9.59 Å². The Morgan fingerprint density at radius 1 is 1.00 bits per heavy atom. The third-order valence-corrected chi connectivity index (χ3v) is 6.83. The van der Waals surface area contributed by atoms with Gasteiger partial charge in [0.15, 0.2) is 0 Å². The van der Waals surface area contributed by atoms with E-state index in [1.165, 1.54) is 0 Å². The average Bonchev–Trinajstić information content (AvgIpc) is 3.40. The number of anilines is 2. The summed E-state index contributed by atoms with van der Waals surface area (Å²) >= 11 is 0. The van der Waals surface area contributed by atoms with Crippen molar-refractivity contribution in [2.24, 2.45) is 0 Å². The van der Waals surface area contributed by atoms with Crippen LogP contribution in [0.15, 0.2) is 48.9 Å². The quantitative estimate of drug-likeness (QED) is 0.547. The van der Waals surface area contributed by atoms with Gasteiger partial charge in [-0.25, -0.2) is 9.97 Å². The molecule has 0 aliphatic carbocycles. The summed E-state index contributed by atoms with van der Waals surface area (Å²) in [6.45, 7) is 2.67. The van der Waals surface area contributed by atoms with E-state index in [1.807, 2.05) is 18.2 Å². The molecule has 2 aliphatic heterocycles. The Bertz CT molecular complexity index is 1280. The van der Waals surface area contributed by atoms with E-state index >= 15 is 0 Å². The number of nitrogens with zero attached hydrogens (tertiary/aromatic N) is 6. The number of amides is 2. The maximum absolute atomic E-state index is 12.9. The van der Waals surface area contributed by atoms with Crippen molar-refractivity contribution in [3.8, 4) is 6.07 Å². The smallest absolute Gasteiger partial charge is 0.260 e. The molecule has 2 N–H and O–H groups in total. The van der Waals surface area contributed by atoms with Crippen LogP contribution in [0.3, 0.4) is 0 Å². The third kappa shape index (κ3) is 5.11. The number of nitrogens with one attached hydrogen (secondary N) is 2. The van der Waals surface area contributed by atoms with Gasteiger partial charge in [-0.3, -0.25) is 24.8 Å². The lowest BCUT2D eigenvalue weighted by molar-refractivity contribution is -0.132. The van der Waals surface area contributed by atoms with Crippen molar-refractivity contribution in [2.45, 2.75) is 37.8 Å². The van der Waals surface area contributed by atoms with Gasteiger partial charge in [-0.05, 0) is 56.0 Å². The summed E-state index contributed by atoms with van der Waals surface area (Å²) in [6.07, 6.45) is 8.28. The van der Waals surface area contributed by atoms with Crippen molar-refractivity contribution >= 4 is 34.4 Å². The first-order chi connectivity index (χ1) is 17.6. The highest BCUT2D eigenvalue weighted by Gasteiger charge is 2.30. The van der Waals surface area contributed by atoms with Gasteiger partial charge in [0.1, 0.15) is 6.04 Å². The highest BCUT2D eigenvalue weighted by molar-refractivity contribution is 6.13. The van der Waals surface area contributed by atoms with Crippen molar-refractivity contribution in [3.63, 3.8) is 0 Å². The van der Waals surface area contributed by atoms with E-state index in [0.29, 0.717) is 24.2 Å². The minimum Gasteiger partial charge on any atom is -0.382 e. The highest BCUT2D eigenvalue weighted by atomic mass is 16.2. The summed E-state index contributed by atoms with van der Waals surface area (Å²) in [5, 5.41) is 16.5. The molecule has 0 spiro atoms. The van der Waals surface area contributed by atoms with E-state index in [0.717, 1.165) is 49.8 Å². The van der Waals surface area contributed by atoms with Crippen LogP contribution in [0.5, 0.6) is 0 Å². The molecule has 10 heteroatoms. The van der Waals surface area contributed by atoms with Gasteiger partial charge in [0.25, 0.3) is 5.91 Å². The third-order valence-electron chi connectivity index (χ3n) is 6.83. The van der Waals surface area contributed by atoms with Crippen LogP contribution in [0.2, 0.25) is 0 Å². The molecule has 2 saturated heterocycles. The van der Waals surface area contributed by atoms with Crippen molar-refractivity contribution in [1.29, 1.82) is 5.26 Å². The molecule has 5 rings (SSSR count). The monoisotopic (exact) mass is 484 g/mol. The molecule has 1 aromatic carbocycles. The fourth-order valence-corrected chi connectivity index (χ4v) is 4.95. The summed E-state index contributed by atoms with van der Waals surface area (Å²) in [5.74, 6) is -0.0183. The molecule has 2 aromatic heterocycles. The molecule has 10 nitrogen and oxygen atoms in total. The Hall–Kier alpha value is -4.10. The van der Waals surface area contributed by atoms with Gasteiger partial charge >= 0.3 is 0 Å². The number of hydrogen-bond donors (Lipinski definition) is 2. The Balaban J connectivity index is 1.22. The number of aromatic nitrogens is 3. The molecule has 0 unspecified atom stereocenters. The van der Waals surface area contributed by atoms with Gasteiger partial charge in [0.2, 0.25) is 11.9 Å². The van der Waals surface area contributed by atoms with Gasteiger partial charge in [0, 0.05) is 55.3 Å². The zero-order chi connectivity index (χ0) is 24.9. The minimum absolute atomic E-state index is 0.0531. The Morgan fingerprint density at radius 2 is 1.78 bits per heavy atom. The Labute approximate surface area is 209 Å². The number of pyridine rings is 1. The van der Waals surface area contributed by atoms with Gasteiger partial charge in [-0.2, -0.15) is 5.26 Å². The first-order valence-electron chi connectivity index (χ1n) is 12.3. The molecule has 36 heavy (non-hydrogen) atoms. The first-order valence-corrected chi connectivity index (χ1v) is 12.3. The molecular weight excluding hydrogens is 456 g/mol. The van der Waals surface area contributed by atoms with E-state index in [1.54, 1.807) is 35.6 Å². The van der Waals surface area contributed by atoms with Crippen LogP contribution in [0.4, 0.5) is 11.6 Å². The van der Waals surface area contributed by atoms with Crippen molar-refractivity contribution in [1.82, 2.24) is 24.8 Å². The number of carbonyl (C=O) groups is 2. The molecular formula is C26H28N8O2. The number of likely N-dealkylation sites (tertiary alicyclic amines) is 2. The molecule has 2 fully saturated rings. The van der Waals surface area contributed by atoms with E-state index in [-0.39, 0.29) is 29.8 Å². The van der Waals surface area contributed by atoms with Gasteiger partial charge in [-0.15, -0.1) is 0 Å². The Morgan fingerprint density at radius 3 is 2.56 bits per heavy atom. The molecule has 2 amide bonds. The predicted molar refractivity (Wildman–Crippen MR) is 135 cm³/mol. The zero-order valence-corrected chi connectivity index (χ0v) is 19.9. The number of benzene rings is 1. The predicted octanol–water partition coefficient (Wildman–Crippen LogP) is 2.67. The second kappa shape index (κ2) is 10.7. The number of carbonyl (C=O) groups excluding carboxylic acids is 2. The molecule has 3 aromatic rings. The van der Waals surface area contributed by atoms with Crippen LogP contribution in [-0.4, -0.2) is 74.8 Å². The van der Waals surface area contributed by atoms with Crippen LogP contribution < -0.4 is 10.6 Å². The first kappa shape index (κ1) is 23.6. The number of rotatable bonds is 6. The fourth-order valence-electron chi connectivity index (χ4n) is 4.95. The molecule has 184 valence electrons. The zero-order valence-electron chi connectivity index (χ0n) is 19.9. The highest BCUT2D eigenvalue weighted by Crippen LogP contribution is 2.28. The summed E-state index contributed by atoms with van der Waals surface area (Å²) < 4.78 is 0. The van der Waals surface area contributed by atoms with Crippen LogP contribution in [-0.2, 0) is 4.79 Å². The lowest BCUT2D eigenvalue weighted by Crippen LogP contribution is -2.46. The summed E-state index contributed by atoms with van der Waals surface area (Å²) in [5.41, 5.74) is 1.99.